The number of allylic oxidation sites excluding steroid dienone is 2. The fourth-order valence-corrected chi connectivity index (χ4v) is 5.61. The molecule has 2 bridgehead atoms. The Morgan fingerprint density at radius 3 is 2.14 bits per heavy atom. The van der Waals surface area contributed by atoms with Gasteiger partial charge < -0.3 is 0 Å². The summed E-state index contributed by atoms with van der Waals surface area (Å²) in [6.07, 6.45) is -0.253. The first kappa shape index (κ1) is 18.7. The van der Waals surface area contributed by atoms with Gasteiger partial charge in [0.1, 0.15) is 6.67 Å². The Bertz CT molecular complexity index is 927. The van der Waals surface area contributed by atoms with Crippen molar-refractivity contribution < 1.29 is 27.6 Å². The minimum absolute atomic E-state index is 0.0523. The SMILES string of the molecule is O=C1[C@@H]2[C@H]3C=C[C@@H]([C@@H]4C[C@@H]34)[C@@H]2C(=O)N1CN(C(=O)C(F)(F)F)c1ccccc1Cl. The molecule has 152 valence electrons. The maximum absolute atomic E-state index is 13.2. The second kappa shape index (κ2) is 6.08. The molecule has 1 aromatic rings. The topological polar surface area (TPSA) is 57.7 Å². The van der Waals surface area contributed by atoms with Crippen LogP contribution < -0.4 is 4.90 Å². The van der Waals surface area contributed by atoms with Gasteiger partial charge in [0.25, 0.3) is 0 Å². The normalized spacial score (nSPS) is 34.3. The van der Waals surface area contributed by atoms with Gasteiger partial charge in [-0.3, -0.25) is 24.2 Å². The molecule has 29 heavy (non-hydrogen) atoms. The molecule has 5 aliphatic rings. The van der Waals surface area contributed by atoms with Crippen LogP contribution in [0.2, 0.25) is 5.02 Å². The zero-order chi connectivity index (χ0) is 20.7. The van der Waals surface area contributed by atoms with Crippen LogP contribution in [-0.4, -0.2) is 35.5 Å². The van der Waals surface area contributed by atoms with Crippen LogP contribution in [0.3, 0.4) is 0 Å². The number of likely N-dealkylation sites (tertiary alicyclic amines) is 1. The molecule has 6 rings (SSSR count). The van der Waals surface area contributed by atoms with Crippen molar-refractivity contribution in [1.82, 2.24) is 4.90 Å². The number of imide groups is 1. The number of halogens is 4. The molecule has 0 N–H and O–H groups in total. The number of hydrogen-bond donors (Lipinski definition) is 0. The van der Waals surface area contributed by atoms with Crippen LogP contribution in [-0.2, 0) is 14.4 Å². The van der Waals surface area contributed by atoms with E-state index in [1.54, 1.807) is 0 Å². The number of nitrogens with zero attached hydrogens (tertiary/aromatic N) is 2. The van der Waals surface area contributed by atoms with Gasteiger partial charge in [0.05, 0.1) is 22.5 Å². The predicted molar refractivity (Wildman–Crippen MR) is 96.4 cm³/mol. The van der Waals surface area contributed by atoms with E-state index in [-0.39, 0.29) is 22.5 Å². The van der Waals surface area contributed by atoms with Gasteiger partial charge in [0.15, 0.2) is 0 Å². The third kappa shape index (κ3) is 2.64. The molecular weight excluding hydrogens is 409 g/mol. The highest BCUT2D eigenvalue weighted by atomic mass is 35.5. The van der Waals surface area contributed by atoms with Crippen molar-refractivity contribution in [2.75, 3.05) is 11.6 Å². The van der Waals surface area contributed by atoms with Crippen LogP contribution in [0, 0.1) is 35.5 Å². The molecule has 9 heteroatoms. The molecule has 0 radical (unpaired) electrons. The lowest BCUT2D eigenvalue weighted by Crippen LogP contribution is -2.49. The summed E-state index contributed by atoms with van der Waals surface area (Å²) in [4.78, 5) is 39.4. The molecule has 3 amide bonds. The van der Waals surface area contributed by atoms with Crippen molar-refractivity contribution in [3.05, 3.63) is 41.4 Å². The number of alkyl halides is 3. The average Bonchev–Trinajstić information content (AvgIpc) is 3.45. The Kier molecular flexibility index (Phi) is 3.91. The lowest BCUT2D eigenvalue weighted by atomic mass is 9.63. The number of hydrogen-bond acceptors (Lipinski definition) is 3. The Hall–Kier alpha value is -2.35. The fourth-order valence-electron chi connectivity index (χ4n) is 5.37. The number of benzene rings is 1. The molecule has 2 saturated carbocycles. The minimum Gasteiger partial charge on any atom is -0.284 e. The summed E-state index contributed by atoms with van der Waals surface area (Å²) in [7, 11) is 0. The fraction of sp³-hybridized carbons (Fsp3) is 0.450. The van der Waals surface area contributed by atoms with Gasteiger partial charge in [-0.25, -0.2) is 0 Å². The first-order valence-corrected chi connectivity index (χ1v) is 9.74. The Morgan fingerprint density at radius 2 is 1.62 bits per heavy atom. The van der Waals surface area contributed by atoms with E-state index in [2.05, 4.69) is 0 Å². The monoisotopic (exact) mass is 424 g/mol. The largest absolute Gasteiger partial charge is 0.471 e. The summed E-state index contributed by atoms with van der Waals surface area (Å²) in [5.74, 6) is -3.63. The standard InChI is InChI=1S/C20H16ClF3N2O3/c21-13-3-1-2-4-14(13)25(19(29)20(22,23)24)8-26-17(27)15-9-5-6-10(12-7-11(9)12)16(15)18(26)28/h1-6,9-12,15-16H,7-8H2/t9-,10-,11-,12-,15-,16+/m0/s1. The summed E-state index contributed by atoms with van der Waals surface area (Å²) in [6, 6.07) is 5.55. The molecule has 0 unspecified atom stereocenters. The first-order chi connectivity index (χ1) is 13.7. The number of rotatable bonds is 3. The van der Waals surface area contributed by atoms with Gasteiger partial charge in [-0.05, 0) is 42.2 Å². The van der Waals surface area contributed by atoms with Crippen molar-refractivity contribution in [2.45, 2.75) is 12.6 Å². The quantitative estimate of drug-likeness (QED) is 0.553. The van der Waals surface area contributed by atoms with E-state index in [1.165, 1.54) is 24.3 Å². The van der Waals surface area contributed by atoms with Gasteiger partial charge in [-0.1, -0.05) is 35.9 Å². The second-order valence-corrected chi connectivity index (χ2v) is 8.49. The third-order valence-corrected chi connectivity index (χ3v) is 6.99. The van der Waals surface area contributed by atoms with Gasteiger partial charge >= 0.3 is 12.1 Å². The average molecular weight is 425 g/mol. The molecule has 4 aliphatic carbocycles. The molecule has 3 fully saturated rings. The van der Waals surface area contributed by atoms with Crippen molar-refractivity contribution in [2.24, 2.45) is 35.5 Å². The summed E-state index contributed by atoms with van der Waals surface area (Å²) in [5, 5.41) is -0.0791. The number of carbonyl (C=O) groups excluding carboxylic acids is 3. The molecule has 0 spiro atoms. The number of amides is 3. The molecule has 1 heterocycles. The van der Waals surface area contributed by atoms with E-state index < -0.39 is 42.4 Å². The van der Waals surface area contributed by atoms with Crippen LogP contribution in [0.4, 0.5) is 18.9 Å². The summed E-state index contributed by atoms with van der Waals surface area (Å²) >= 11 is 6.01. The molecule has 6 atom stereocenters. The Morgan fingerprint density at radius 1 is 1.07 bits per heavy atom. The van der Waals surface area contributed by atoms with E-state index in [0.717, 1.165) is 11.3 Å². The minimum atomic E-state index is -5.18. The van der Waals surface area contributed by atoms with Gasteiger partial charge in [0, 0.05) is 0 Å². The predicted octanol–water partition coefficient (Wildman–Crippen LogP) is 3.25. The number of para-hydroxylation sites is 1. The van der Waals surface area contributed by atoms with Crippen LogP contribution in [0.15, 0.2) is 36.4 Å². The van der Waals surface area contributed by atoms with Crippen molar-refractivity contribution in [3.63, 3.8) is 0 Å². The Labute approximate surface area is 169 Å². The molecule has 0 aromatic heterocycles. The van der Waals surface area contributed by atoms with Gasteiger partial charge in [-0.2, -0.15) is 13.2 Å². The maximum Gasteiger partial charge on any atom is 0.471 e. The highest BCUT2D eigenvalue weighted by molar-refractivity contribution is 6.33. The highest BCUT2D eigenvalue weighted by Gasteiger charge is 2.67. The molecule has 1 aromatic carbocycles. The lowest BCUT2D eigenvalue weighted by molar-refractivity contribution is -0.171. The Balaban J connectivity index is 1.48. The van der Waals surface area contributed by atoms with Crippen molar-refractivity contribution in [3.8, 4) is 0 Å². The first-order valence-electron chi connectivity index (χ1n) is 9.37. The molecule has 1 saturated heterocycles. The van der Waals surface area contributed by atoms with E-state index >= 15 is 0 Å². The van der Waals surface area contributed by atoms with Crippen LogP contribution >= 0.6 is 11.6 Å². The maximum atomic E-state index is 13.2. The van der Waals surface area contributed by atoms with Gasteiger partial charge in [-0.15, -0.1) is 0 Å². The van der Waals surface area contributed by atoms with Crippen LogP contribution in [0.25, 0.3) is 0 Å². The van der Waals surface area contributed by atoms with E-state index in [1.807, 2.05) is 12.2 Å². The zero-order valence-corrected chi connectivity index (χ0v) is 15.7. The van der Waals surface area contributed by atoms with E-state index in [4.69, 9.17) is 11.6 Å². The second-order valence-electron chi connectivity index (χ2n) is 8.08. The molecular formula is C20H16ClF3N2O3. The van der Waals surface area contributed by atoms with Crippen LogP contribution in [0.5, 0.6) is 0 Å². The summed E-state index contributed by atoms with van der Waals surface area (Å²) in [5.41, 5.74) is -0.198. The lowest BCUT2D eigenvalue weighted by Gasteiger charge is -2.37. The third-order valence-electron chi connectivity index (χ3n) is 6.67. The van der Waals surface area contributed by atoms with Crippen LogP contribution in [0.1, 0.15) is 6.42 Å². The zero-order valence-electron chi connectivity index (χ0n) is 15.0. The smallest absolute Gasteiger partial charge is 0.284 e. The van der Waals surface area contributed by atoms with Crippen molar-refractivity contribution in [1.29, 1.82) is 0 Å². The number of carbonyl (C=O) groups is 3. The van der Waals surface area contributed by atoms with Gasteiger partial charge in [0.2, 0.25) is 11.8 Å². The highest BCUT2D eigenvalue weighted by Crippen LogP contribution is 2.65. The number of anilines is 1. The molecule has 1 aliphatic heterocycles. The van der Waals surface area contributed by atoms with Crippen molar-refractivity contribution >= 4 is 35.0 Å². The van der Waals surface area contributed by atoms with E-state index in [9.17, 15) is 27.6 Å². The summed E-state index contributed by atoms with van der Waals surface area (Å²) < 4.78 is 39.7. The summed E-state index contributed by atoms with van der Waals surface area (Å²) in [6.45, 7) is -0.804. The molecule has 5 nitrogen and oxygen atoms in total. The van der Waals surface area contributed by atoms with E-state index in [0.29, 0.717) is 16.7 Å².